The lowest BCUT2D eigenvalue weighted by atomic mass is 9.87. The molecular formula is C11H23NS. The maximum Gasteiger partial charge on any atom is -0.00462 e. The number of hydrogen-bond acceptors (Lipinski definition) is 2. The highest BCUT2D eigenvalue weighted by Gasteiger charge is 2.23. The summed E-state index contributed by atoms with van der Waals surface area (Å²) in [5.74, 6) is 3.10. The fourth-order valence-electron chi connectivity index (χ4n) is 2.46. The molecule has 2 N–H and O–H groups in total. The van der Waals surface area contributed by atoms with Crippen LogP contribution in [0.3, 0.4) is 0 Å². The van der Waals surface area contributed by atoms with Crippen LogP contribution in [-0.4, -0.2) is 18.6 Å². The van der Waals surface area contributed by atoms with E-state index in [-0.39, 0.29) is 0 Å². The minimum atomic E-state index is 0.828. The third-order valence-electron chi connectivity index (χ3n) is 3.29. The average Bonchev–Trinajstić information content (AvgIpc) is 2.65. The molecule has 78 valence electrons. The van der Waals surface area contributed by atoms with E-state index in [1.54, 1.807) is 0 Å². The summed E-state index contributed by atoms with van der Waals surface area (Å²) >= 11 is 1.96. The van der Waals surface area contributed by atoms with E-state index >= 15 is 0 Å². The highest BCUT2D eigenvalue weighted by Crippen LogP contribution is 2.33. The normalized spacial score (nSPS) is 20.8. The molecule has 2 heteroatoms. The van der Waals surface area contributed by atoms with Gasteiger partial charge in [0.1, 0.15) is 0 Å². The molecule has 0 aromatic rings. The van der Waals surface area contributed by atoms with E-state index in [0.29, 0.717) is 0 Å². The van der Waals surface area contributed by atoms with Gasteiger partial charge in [-0.15, -0.1) is 0 Å². The van der Waals surface area contributed by atoms with Crippen molar-refractivity contribution in [3.05, 3.63) is 0 Å². The Labute approximate surface area is 86.8 Å². The molecule has 1 unspecified atom stereocenters. The van der Waals surface area contributed by atoms with Crippen LogP contribution in [0.15, 0.2) is 0 Å². The largest absolute Gasteiger partial charge is 0.330 e. The molecule has 1 atom stereocenters. The molecule has 0 aliphatic heterocycles. The predicted octanol–water partition coefficient (Wildman–Crippen LogP) is 2.89. The van der Waals surface area contributed by atoms with E-state index in [1.165, 1.54) is 44.3 Å². The number of nitrogens with two attached hydrogens (primary N) is 1. The van der Waals surface area contributed by atoms with Gasteiger partial charge >= 0.3 is 0 Å². The first-order valence-corrected chi connectivity index (χ1v) is 6.97. The summed E-state index contributed by atoms with van der Waals surface area (Å²) in [5.41, 5.74) is 5.83. The molecule has 1 aliphatic carbocycles. The summed E-state index contributed by atoms with van der Waals surface area (Å²) in [7, 11) is 0. The van der Waals surface area contributed by atoms with Crippen molar-refractivity contribution >= 4 is 11.8 Å². The first kappa shape index (κ1) is 11.4. The Morgan fingerprint density at radius 2 is 2.08 bits per heavy atom. The number of rotatable bonds is 6. The highest BCUT2D eigenvalue weighted by molar-refractivity contribution is 7.98. The molecule has 0 radical (unpaired) electrons. The van der Waals surface area contributed by atoms with Gasteiger partial charge in [-0.25, -0.2) is 0 Å². The summed E-state index contributed by atoms with van der Waals surface area (Å²) in [6, 6.07) is 0. The van der Waals surface area contributed by atoms with Gasteiger partial charge < -0.3 is 5.73 Å². The zero-order chi connectivity index (χ0) is 9.52. The van der Waals surface area contributed by atoms with Crippen molar-refractivity contribution in [1.29, 1.82) is 0 Å². The highest BCUT2D eigenvalue weighted by atomic mass is 32.2. The van der Waals surface area contributed by atoms with Crippen LogP contribution in [0.1, 0.15) is 38.5 Å². The Balaban J connectivity index is 2.16. The topological polar surface area (TPSA) is 26.0 Å². The summed E-state index contributed by atoms with van der Waals surface area (Å²) in [6.45, 7) is 0.916. The van der Waals surface area contributed by atoms with Gasteiger partial charge in [0.25, 0.3) is 0 Å². The van der Waals surface area contributed by atoms with Crippen molar-refractivity contribution in [2.75, 3.05) is 18.6 Å². The average molecular weight is 201 g/mol. The van der Waals surface area contributed by atoms with E-state index in [0.717, 1.165) is 18.4 Å². The van der Waals surface area contributed by atoms with Gasteiger partial charge in [-0.05, 0) is 43.2 Å². The molecule has 0 amide bonds. The molecule has 0 aromatic heterocycles. The Bertz CT molecular complexity index is 121. The third kappa shape index (κ3) is 3.90. The van der Waals surface area contributed by atoms with Crippen LogP contribution in [0.2, 0.25) is 0 Å². The van der Waals surface area contributed by atoms with Crippen molar-refractivity contribution in [3.8, 4) is 0 Å². The molecule has 1 saturated carbocycles. The van der Waals surface area contributed by atoms with E-state index in [4.69, 9.17) is 5.73 Å². The smallest absolute Gasteiger partial charge is 0.00462 e. The van der Waals surface area contributed by atoms with Crippen molar-refractivity contribution in [2.24, 2.45) is 17.6 Å². The molecule has 1 rings (SSSR count). The summed E-state index contributed by atoms with van der Waals surface area (Å²) < 4.78 is 0. The Morgan fingerprint density at radius 1 is 1.38 bits per heavy atom. The van der Waals surface area contributed by atoms with Crippen molar-refractivity contribution < 1.29 is 0 Å². The molecular weight excluding hydrogens is 178 g/mol. The zero-order valence-corrected chi connectivity index (χ0v) is 9.61. The molecule has 0 spiro atoms. The fraction of sp³-hybridized carbons (Fsp3) is 1.00. The Kier molecular flexibility index (Phi) is 5.88. The van der Waals surface area contributed by atoms with Gasteiger partial charge in [0.05, 0.1) is 0 Å². The SMILES string of the molecule is CSCCCC(CN)C1CCCC1. The maximum absolute atomic E-state index is 5.83. The second-order valence-electron chi connectivity index (χ2n) is 4.18. The standard InChI is InChI=1S/C11H23NS/c1-13-8-4-7-11(9-12)10-5-2-3-6-10/h10-11H,2-9,12H2,1H3. The molecule has 0 saturated heterocycles. The lowest BCUT2D eigenvalue weighted by Crippen LogP contribution is -2.21. The van der Waals surface area contributed by atoms with Gasteiger partial charge in [-0.2, -0.15) is 11.8 Å². The molecule has 1 nitrogen and oxygen atoms in total. The first-order valence-electron chi connectivity index (χ1n) is 5.57. The van der Waals surface area contributed by atoms with Crippen molar-refractivity contribution in [3.63, 3.8) is 0 Å². The van der Waals surface area contributed by atoms with Crippen LogP contribution < -0.4 is 5.73 Å². The predicted molar refractivity (Wildman–Crippen MR) is 62.1 cm³/mol. The minimum absolute atomic E-state index is 0.828. The third-order valence-corrected chi connectivity index (χ3v) is 3.99. The number of thioether (sulfide) groups is 1. The van der Waals surface area contributed by atoms with Crippen LogP contribution in [0.4, 0.5) is 0 Å². The lowest BCUT2D eigenvalue weighted by molar-refractivity contribution is 0.325. The fourth-order valence-corrected chi connectivity index (χ4v) is 2.92. The van der Waals surface area contributed by atoms with E-state index in [1.807, 2.05) is 11.8 Å². The second kappa shape index (κ2) is 6.72. The van der Waals surface area contributed by atoms with Crippen LogP contribution in [-0.2, 0) is 0 Å². The molecule has 0 bridgehead atoms. The first-order chi connectivity index (χ1) is 6.38. The molecule has 13 heavy (non-hydrogen) atoms. The van der Waals surface area contributed by atoms with Gasteiger partial charge in [0.2, 0.25) is 0 Å². The monoisotopic (exact) mass is 201 g/mol. The summed E-state index contributed by atoms with van der Waals surface area (Å²) in [6.07, 6.45) is 10.7. The zero-order valence-electron chi connectivity index (χ0n) is 8.80. The molecule has 0 aromatic carbocycles. The second-order valence-corrected chi connectivity index (χ2v) is 5.16. The molecule has 1 aliphatic rings. The van der Waals surface area contributed by atoms with Crippen LogP contribution >= 0.6 is 11.8 Å². The van der Waals surface area contributed by atoms with Gasteiger partial charge in [-0.1, -0.05) is 25.7 Å². The van der Waals surface area contributed by atoms with Crippen LogP contribution in [0.5, 0.6) is 0 Å². The molecule has 0 heterocycles. The van der Waals surface area contributed by atoms with Crippen molar-refractivity contribution in [1.82, 2.24) is 0 Å². The van der Waals surface area contributed by atoms with Crippen molar-refractivity contribution in [2.45, 2.75) is 38.5 Å². The van der Waals surface area contributed by atoms with Gasteiger partial charge in [-0.3, -0.25) is 0 Å². The minimum Gasteiger partial charge on any atom is -0.330 e. The van der Waals surface area contributed by atoms with Crippen LogP contribution in [0.25, 0.3) is 0 Å². The quantitative estimate of drug-likeness (QED) is 0.669. The van der Waals surface area contributed by atoms with Crippen LogP contribution in [0, 0.1) is 11.8 Å². The van der Waals surface area contributed by atoms with E-state index in [9.17, 15) is 0 Å². The van der Waals surface area contributed by atoms with E-state index in [2.05, 4.69) is 6.26 Å². The molecule has 1 fully saturated rings. The summed E-state index contributed by atoms with van der Waals surface area (Å²) in [4.78, 5) is 0. The van der Waals surface area contributed by atoms with Gasteiger partial charge in [0.15, 0.2) is 0 Å². The van der Waals surface area contributed by atoms with E-state index < -0.39 is 0 Å². The maximum atomic E-state index is 5.83. The Morgan fingerprint density at radius 3 is 2.62 bits per heavy atom. The van der Waals surface area contributed by atoms with Gasteiger partial charge in [0, 0.05) is 0 Å². The number of hydrogen-bond donors (Lipinski definition) is 1. The lowest BCUT2D eigenvalue weighted by Gasteiger charge is -2.21. The Hall–Kier alpha value is 0.310. The summed E-state index contributed by atoms with van der Waals surface area (Å²) in [5, 5.41) is 0.